The highest BCUT2D eigenvalue weighted by Crippen LogP contribution is 2.23. The summed E-state index contributed by atoms with van der Waals surface area (Å²) in [6.07, 6.45) is 1.80. The predicted molar refractivity (Wildman–Crippen MR) is 75.6 cm³/mol. The van der Waals surface area contributed by atoms with Gasteiger partial charge in [-0.1, -0.05) is 26.8 Å². The average molecular weight is 257 g/mol. The number of hydrogen-bond acceptors (Lipinski definition) is 5. The van der Waals surface area contributed by atoms with Gasteiger partial charge >= 0.3 is 0 Å². The summed E-state index contributed by atoms with van der Waals surface area (Å²) < 4.78 is 0. The van der Waals surface area contributed by atoms with Crippen LogP contribution in [0.4, 0.5) is 5.95 Å². The van der Waals surface area contributed by atoms with E-state index in [2.05, 4.69) is 26.0 Å². The molecule has 0 atom stereocenters. The van der Waals surface area contributed by atoms with E-state index in [0.29, 0.717) is 11.6 Å². The van der Waals surface area contributed by atoms with Crippen LogP contribution in [0.3, 0.4) is 0 Å². The minimum Gasteiger partial charge on any atom is -0.368 e. The van der Waals surface area contributed by atoms with Gasteiger partial charge in [0.15, 0.2) is 5.82 Å². The summed E-state index contributed by atoms with van der Waals surface area (Å²) in [7, 11) is 0. The number of nitrogens with two attached hydrogens (primary N) is 1. The average Bonchev–Trinajstić information content (AvgIpc) is 2.26. The maximum atomic E-state index is 5.78. The highest BCUT2D eigenvalue weighted by Gasteiger charge is 2.20. The zero-order chi connectivity index (χ0) is 14.2. The molecule has 0 saturated carbocycles. The van der Waals surface area contributed by atoms with Gasteiger partial charge in [0.05, 0.1) is 0 Å². The summed E-state index contributed by atoms with van der Waals surface area (Å²) in [5.41, 5.74) is 8.51. The first kappa shape index (κ1) is 13.4. The van der Waals surface area contributed by atoms with Crippen LogP contribution >= 0.6 is 0 Å². The van der Waals surface area contributed by atoms with E-state index in [0.717, 1.165) is 16.8 Å². The molecular formula is C14H19N5. The Labute approximate surface area is 113 Å². The van der Waals surface area contributed by atoms with Gasteiger partial charge in [0.1, 0.15) is 11.5 Å². The Morgan fingerprint density at radius 2 is 1.74 bits per heavy atom. The molecule has 0 aliphatic heterocycles. The molecule has 100 valence electrons. The molecule has 0 radical (unpaired) electrons. The number of nitrogen functional groups attached to an aromatic ring is 1. The van der Waals surface area contributed by atoms with E-state index in [9.17, 15) is 0 Å². The molecule has 2 heterocycles. The number of hydrogen-bond donors (Lipinski definition) is 1. The number of anilines is 1. The van der Waals surface area contributed by atoms with Crippen molar-refractivity contribution >= 4 is 5.95 Å². The van der Waals surface area contributed by atoms with Crippen LogP contribution in [0.1, 0.15) is 37.7 Å². The molecule has 2 rings (SSSR count). The van der Waals surface area contributed by atoms with Crippen LogP contribution in [-0.4, -0.2) is 19.9 Å². The van der Waals surface area contributed by atoms with Gasteiger partial charge in [-0.05, 0) is 25.0 Å². The Morgan fingerprint density at radius 3 is 2.32 bits per heavy atom. The third kappa shape index (κ3) is 2.86. The van der Waals surface area contributed by atoms with Crippen LogP contribution in [0.5, 0.6) is 0 Å². The van der Waals surface area contributed by atoms with Crippen molar-refractivity contribution in [2.24, 2.45) is 0 Å². The van der Waals surface area contributed by atoms with Crippen LogP contribution in [-0.2, 0) is 5.41 Å². The van der Waals surface area contributed by atoms with E-state index in [1.54, 1.807) is 6.20 Å². The Bertz CT molecular complexity index is 614. The molecule has 0 fully saturated rings. The fourth-order valence-corrected chi connectivity index (χ4v) is 1.78. The molecule has 0 aromatic carbocycles. The summed E-state index contributed by atoms with van der Waals surface area (Å²) in [4.78, 5) is 17.3. The zero-order valence-electron chi connectivity index (χ0n) is 12.0. The van der Waals surface area contributed by atoms with Crippen molar-refractivity contribution in [3.05, 3.63) is 29.2 Å². The maximum Gasteiger partial charge on any atom is 0.223 e. The molecule has 5 nitrogen and oxygen atoms in total. The van der Waals surface area contributed by atoms with Crippen LogP contribution in [0.25, 0.3) is 11.5 Å². The van der Waals surface area contributed by atoms with Gasteiger partial charge < -0.3 is 5.73 Å². The summed E-state index contributed by atoms with van der Waals surface area (Å²) in [6, 6.07) is 2.05. The number of aryl methyl sites for hydroxylation is 2. The Kier molecular flexibility index (Phi) is 3.22. The molecule has 19 heavy (non-hydrogen) atoms. The molecule has 2 N–H and O–H groups in total. The van der Waals surface area contributed by atoms with Crippen LogP contribution in [0.2, 0.25) is 0 Å². The van der Waals surface area contributed by atoms with Gasteiger partial charge in [-0.25, -0.2) is 4.98 Å². The van der Waals surface area contributed by atoms with Gasteiger partial charge in [-0.3, -0.25) is 4.98 Å². The maximum absolute atomic E-state index is 5.78. The number of rotatable bonds is 1. The van der Waals surface area contributed by atoms with Gasteiger partial charge in [0.25, 0.3) is 0 Å². The summed E-state index contributed by atoms with van der Waals surface area (Å²) >= 11 is 0. The zero-order valence-corrected chi connectivity index (χ0v) is 12.0. The van der Waals surface area contributed by atoms with E-state index in [1.807, 2.05) is 34.6 Å². The second-order valence-electron chi connectivity index (χ2n) is 5.77. The molecule has 0 amide bonds. The molecule has 0 unspecified atom stereocenters. The number of aromatic nitrogens is 4. The third-order valence-corrected chi connectivity index (χ3v) is 2.75. The minimum absolute atomic E-state index is 0.176. The molecular weight excluding hydrogens is 238 g/mol. The Balaban J connectivity index is 2.59. The molecule has 0 aliphatic rings. The van der Waals surface area contributed by atoms with Gasteiger partial charge in [-0.15, -0.1) is 0 Å². The molecule has 0 spiro atoms. The Hall–Kier alpha value is -2.04. The Morgan fingerprint density at radius 1 is 1.05 bits per heavy atom. The standard InChI is InChI=1S/C14H19N5/c1-8-6-9(2)10(16-7-8)11-17-12(14(3,4)5)19-13(15)18-11/h6-7H,1-5H3,(H2,15,17,18,19). The van der Waals surface area contributed by atoms with Crippen molar-refractivity contribution in [1.82, 2.24) is 19.9 Å². The largest absolute Gasteiger partial charge is 0.368 e. The SMILES string of the molecule is Cc1cnc(-c2nc(N)nc(C(C)(C)C)n2)c(C)c1. The van der Waals surface area contributed by atoms with Gasteiger partial charge in [-0.2, -0.15) is 9.97 Å². The fourth-order valence-electron chi connectivity index (χ4n) is 1.78. The van der Waals surface area contributed by atoms with E-state index >= 15 is 0 Å². The predicted octanol–water partition coefficient (Wildman–Crippen LogP) is 2.43. The van der Waals surface area contributed by atoms with Crippen LogP contribution in [0, 0.1) is 13.8 Å². The summed E-state index contributed by atoms with van der Waals surface area (Å²) in [6.45, 7) is 10.1. The molecule has 0 saturated heterocycles. The van der Waals surface area contributed by atoms with Crippen molar-refractivity contribution < 1.29 is 0 Å². The highest BCUT2D eigenvalue weighted by atomic mass is 15.1. The summed E-state index contributed by atoms with van der Waals surface area (Å²) in [5.74, 6) is 1.45. The molecule has 0 bridgehead atoms. The first-order valence-corrected chi connectivity index (χ1v) is 6.23. The lowest BCUT2D eigenvalue weighted by molar-refractivity contribution is 0.544. The molecule has 0 aliphatic carbocycles. The molecule has 2 aromatic rings. The van der Waals surface area contributed by atoms with Crippen molar-refractivity contribution in [2.75, 3.05) is 5.73 Å². The van der Waals surface area contributed by atoms with Crippen LogP contribution < -0.4 is 5.73 Å². The highest BCUT2D eigenvalue weighted by molar-refractivity contribution is 5.55. The van der Waals surface area contributed by atoms with E-state index in [4.69, 9.17) is 5.73 Å². The van der Waals surface area contributed by atoms with Gasteiger partial charge in [0.2, 0.25) is 5.95 Å². The van der Waals surface area contributed by atoms with Crippen molar-refractivity contribution in [3.63, 3.8) is 0 Å². The lowest BCUT2D eigenvalue weighted by atomic mass is 9.96. The quantitative estimate of drug-likeness (QED) is 0.849. The molecule has 5 heteroatoms. The fraction of sp³-hybridized carbons (Fsp3) is 0.429. The van der Waals surface area contributed by atoms with E-state index < -0.39 is 0 Å². The van der Waals surface area contributed by atoms with Crippen LogP contribution in [0.15, 0.2) is 12.3 Å². The van der Waals surface area contributed by atoms with Crippen molar-refractivity contribution in [3.8, 4) is 11.5 Å². The first-order chi connectivity index (χ1) is 8.77. The first-order valence-electron chi connectivity index (χ1n) is 6.23. The van der Waals surface area contributed by atoms with E-state index in [-0.39, 0.29) is 11.4 Å². The second-order valence-corrected chi connectivity index (χ2v) is 5.77. The smallest absolute Gasteiger partial charge is 0.223 e. The van der Waals surface area contributed by atoms with Crippen molar-refractivity contribution in [1.29, 1.82) is 0 Å². The van der Waals surface area contributed by atoms with E-state index in [1.165, 1.54) is 0 Å². The normalized spacial score (nSPS) is 11.6. The topological polar surface area (TPSA) is 77.6 Å². The second kappa shape index (κ2) is 4.57. The monoisotopic (exact) mass is 257 g/mol. The summed E-state index contributed by atoms with van der Waals surface area (Å²) in [5, 5.41) is 0. The number of nitrogens with zero attached hydrogens (tertiary/aromatic N) is 4. The van der Waals surface area contributed by atoms with Crippen molar-refractivity contribution in [2.45, 2.75) is 40.0 Å². The van der Waals surface area contributed by atoms with Gasteiger partial charge in [0, 0.05) is 11.6 Å². The lowest BCUT2D eigenvalue weighted by Gasteiger charge is -2.17. The third-order valence-electron chi connectivity index (χ3n) is 2.75. The molecule has 2 aromatic heterocycles. The minimum atomic E-state index is -0.176. The lowest BCUT2D eigenvalue weighted by Crippen LogP contribution is -2.18. The number of pyridine rings is 1.